The summed E-state index contributed by atoms with van der Waals surface area (Å²) in [5.74, 6) is 1.28. The maximum atomic E-state index is 5.01. The summed E-state index contributed by atoms with van der Waals surface area (Å²) in [4.78, 5) is 37.4. The van der Waals surface area contributed by atoms with E-state index in [4.69, 9.17) is 29.9 Å². The standard InChI is InChI=1S/C36H22N8/c1-3-7-29-27(5-1)33(43-35(41-29)23-9-15-37-16-10-23)25-13-19-39-31(21-25)32-22-26(14-20-40-32)34-28-6-2-4-8-30(28)42-36(44-34)24-11-17-38-18-12-24/h1-22H. The Morgan fingerprint density at radius 3 is 1.23 bits per heavy atom. The van der Waals surface area contributed by atoms with E-state index < -0.39 is 0 Å². The average molecular weight is 567 g/mol. The minimum atomic E-state index is 0.639. The van der Waals surface area contributed by atoms with Crippen LogP contribution in [0.1, 0.15) is 0 Å². The number of benzene rings is 2. The summed E-state index contributed by atoms with van der Waals surface area (Å²) in [5, 5.41) is 1.92. The Kier molecular flexibility index (Phi) is 6.27. The van der Waals surface area contributed by atoms with Crippen molar-refractivity contribution in [2.24, 2.45) is 0 Å². The fraction of sp³-hybridized carbons (Fsp3) is 0. The lowest BCUT2D eigenvalue weighted by Crippen LogP contribution is -1.97. The zero-order valence-corrected chi connectivity index (χ0v) is 23.3. The number of aromatic nitrogens is 8. The minimum absolute atomic E-state index is 0.639. The van der Waals surface area contributed by atoms with Crippen molar-refractivity contribution in [1.82, 2.24) is 39.9 Å². The number of fused-ring (bicyclic) bond motifs is 2. The minimum Gasteiger partial charge on any atom is -0.265 e. The van der Waals surface area contributed by atoms with E-state index in [1.807, 2.05) is 97.1 Å². The van der Waals surface area contributed by atoms with Gasteiger partial charge in [-0.05, 0) is 60.7 Å². The first kappa shape index (κ1) is 25.4. The quantitative estimate of drug-likeness (QED) is 0.211. The van der Waals surface area contributed by atoms with Crippen molar-refractivity contribution in [1.29, 1.82) is 0 Å². The van der Waals surface area contributed by atoms with Crippen LogP contribution in [0.25, 0.3) is 78.5 Å². The van der Waals surface area contributed by atoms with Crippen molar-refractivity contribution in [2.45, 2.75) is 0 Å². The molecule has 0 N–H and O–H groups in total. The van der Waals surface area contributed by atoms with Gasteiger partial charge in [0.1, 0.15) is 0 Å². The molecule has 8 heteroatoms. The molecule has 8 rings (SSSR count). The predicted octanol–water partition coefficient (Wildman–Crippen LogP) is 7.49. The molecule has 0 bridgehead atoms. The third kappa shape index (κ3) is 4.70. The van der Waals surface area contributed by atoms with Crippen LogP contribution in [0.4, 0.5) is 0 Å². The van der Waals surface area contributed by atoms with Crippen LogP contribution in [-0.4, -0.2) is 39.9 Å². The third-order valence-electron chi connectivity index (χ3n) is 7.41. The Morgan fingerprint density at radius 2 is 0.773 bits per heavy atom. The first-order valence-electron chi connectivity index (χ1n) is 14.1. The summed E-state index contributed by atoms with van der Waals surface area (Å²) >= 11 is 0. The van der Waals surface area contributed by atoms with Gasteiger partial charge < -0.3 is 0 Å². The lowest BCUT2D eigenvalue weighted by molar-refractivity contribution is 1.20. The van der Waals surface area contributed by atoms with Crippen LogP contribution in [0.15, 0.2) is 134 Å². The maximum Gasteiger partial charge on any atom is 0.160 e. The first-order valence-corrected chi connectivity index (χ1v) is 14.1. The molecule has 0 spiro atoms. The number of para-hydroxylation sites is 2. The number of nitrogens with zero attached hydrogens (tertiary/aromatic N) is 8. The largest absolute Gasteiger partial charge is 0.265 e. The zero-order valence-electron chi connectivity index (χ0n) is 23.3. The van der Waals surface area contributed by atoms with Gasteiger partial charge >= 0.3 is 0 Å². The molecule has 0 saturated carbocycles. The summed E-state index contributed by atoms with van der Waals surface area (Å²) < 4.78 is 0. The van der Waals surface area contributed by atoms with Gasteiger partial charge in [0.25, 0.3) is 0 Å². The van der Waals surface area contributed by atoms with Crippen molar-refractivity contribution in [3.63, 3.8) is 0 Å². The smallest absolute Gasteiger partial charge is 0.160 e. The Hall–Kier alpha value is -6.28. The second-order valence-electron chi connectivity index (χ2n) is 10.2. The van der Waals surface area contributed by atoms with Gasteiger partial charge in [0.2, 0.25) is 0 Å². The molecule has 0 saturated heterocycles. The fourth-order valence-electron chi connectivity index (χ4n) is 5.29. The molecule has 8 aromatic rings. The molecule has 0 atom stereocenters. The second-order valence-corrected chi connectivity index (χ2v) is 10.2. The summed E-state index contributed by atoms with van der Waals surface area (Å²) in [6.45, 7) is 0. The van der Waals surface area contributed by atoms with Gasteiger partial charge in [-0.25, -0.2) is 19.9 Å². The molecular formula is C36H22N8. The van der Waals surface area contributed by atoms with Crippen LogP contribution < -0.4 is 0 Å². The summed E-state index contributed by atoms with van der Waals surface area (Å²) in [5.41, 5.74) is 8.48. The normalized spacial score (nSPS) is 11.2. The van der Waals surface area contributed by atoms with Crippen LogP contribution in [0.3, 0.4) is 0 Å². The number of hydrogen-bond acceptors (Lipinski definition) is 8. The second kappa shape index (κ2) is 10.8. The molecule has 0 unspecified atom stereocenters. The van der Waals surface area contributed by atoms with E-state index in [1.54, 1.807) is 37.2 Å². The van der Waals surface area contributed by atoms with Crippen molar-refractivity contribution < 1.29 is 0 Å². The molecule has 206 valence electrons. The molecule has 0 aliphatic rings. The monoisotopic (exact) mass is 566 g/mol. The van der Waals surface area contributed by atoms with Crippen LogP contribution in [-0.2, 0) is 0 Å². The van der Waals surface area contributed by atoms with E-state index in [0.29, 0.717) is 11.6 Å². The Balaban J connectivity index is 1.25. The molecule has 2 aromatic carbocycles. The molecule has 0 aliphatic heterocycles. The topological polar surface area (TPSA) is 103 Å². The van der Waals surface area contributed by atoms with Crippen LogP contribution in [0.2, 0.25) is 0 Å². The lowest BCUT2D eigenvalue weighted by Gasteiger charge is -2.11. The average Bonchev–Trinajstić information content (AvgIpc) is 3.11. The van der Waals surface area contributed by atoms with E-state index in [0.717, 1.165) is 66.8 Å². The molecule has 0 amide bonds. The predicted molar refractivity (Wildman–Crippen MR) is 171 cm³/mol. The third-order valence-corrected chi connectivity index (χ3v) is 7.41. The Morgan fingerprint density at radius 1 is 0.364 bits per heavy atom. The van der Waals surface area contributed by atoms with Crippen molar-refractivity contribution in [2.75, 3.05) is 0 Å². The van der Waals surface area contributed by atoms with Gasteiger partial charge in [-0.1, -0.05) is 36.4 Å². The van der Waals surface area contributed by atoms with Gasteiger partial charge in [0.05, 0.1) is 33.8 Å². The highest BCUT2D eigenvalue weighted by molar-refractivity contribution is 5.95. The van der Waals surface area contributed by atoms with Crippen LogP contribution in [0.5, 0.6) is 0 Å². The number of rotatable bonds is 5. The van der Waals surface area contributed by atoms with E-state index in [-0.39, 0.29) is 0 Å². The maximum absolute atomic E-state index is 5.01. The zero-order chi connectivity index (χ0) is 29.3. The van der Waals surface area contributed by atoms with Crippen LogP contribution >= 0.6 is 0 Å². The molecule has 0 radical (unpaired) electrons. The molecule has 8 nitrogen and oxygen atoms in total. The van der Waals surface area contributed by atoms with E-state index >= 15 is 0 Å². The number of hydrogen-bond donors (Lipinski definition) is 0. The van der Waals surface area contributed by atoms with E-state index in [2.05, 4.69) is 9.97 Å². The van der Waals surface area contributed by atoms with Crippen molar-refractivity contribution in [3.8, 4) is 56.7 Å². The van der Waals surface area contributed by atoms with E-state index in [1.165, 1.54) is 0 Å². The van der Waals surface area contributed by atoms with Gasteiger partial charge in [-0.3, -0.25) is 19.9 Å². The highest BCUT2D eigenvalue weighted by atomic mass is 14.9. The molecular weight excluding hydrogens is 544 g/mol. The molecule has 6 aromatic heterocycles. The van der Waals surface area contributed by atoms with Gasteiger partial charge in [0, 0.05) is 70.2 Å². The molecule has 44 heavy (non-hydrogen) atoms. The van der Waals surface area contributed by atoms with E-state index in [9.17, 15) is 0 Å². The fourth-order valence-corrected chi connectivity index (χ4v) is 5.29. The Bertz CT molecular complexity index is 2130. The number of pyridine rings is 4. The summed E-state index contributed by atoms with van der Waals surface area (Å²) in [7, 11) is 0. The molecule has 0 fully saturated rings. The highest BCUT2D eigenvalue weighted by Gasteiger charge is 2.15. The first-order chi connectivity index (χ1) is 21.8. The van der Waals surface area contributed by atoms with Gasteiger partial charge in [-0.2, -0.15) is 0 Å². The molecule has 0 aliphatic carbocycles. The van der Waals surface area contributed by atoms with Crippen molar-refractivity contribution in [3.05, 3.63) is 134 Å². The van der Waals surface area contributed by atoms with Gasteiger partial charge in [0.15, 0.2) is 11.6 Å². The van der Waals surface area contributed by atoms with Crippen molar-refractivity contribution >= 4 is 21.8 Å². The lowest BCUT2D eigenvalue weighted by atomic mass is 10.0. The summed E-state index contributed by atoms with van der Waals surface area (Å²) in [6.07, 6.45) is 10.6. The highest BCUT2D eigenvalue weighted by Crippen LogP contribution is 2.33. The van der Waals surface area contributed by atoms with Crippen LogP contribution in [0, 0.1) is 0 Å². The SMILES string of the molecule is c1ccc2c(-c3ccnc(-c4cc(-c5nc(-c6ccncc6)nc6ccccc56)ccn4)c3)nc(-c3ccncc3)nc2c1. The Labute approximate surface area is 252 Å². The van der Waals surface area contributed by atoms with Gasteiger partial charge in [-0.15, -0.1) is 0 Å². The molecule has 6 heterocycles. The summed E-state index contributed by atoms with van der Waals surface area (Å²) in [6, 6.07) is 31.7.